The van der Waals surface area contributed by atoms with E-state index < -0.39 is 5.91 Å². The second-order valence-electron chi connectivity index (χ2n) is 8.02. The van der Waals surface area contributed by atoms with Crippen molar-refractivity contribution in [1.82, 2.24) is 19.8 Å². The van der Waals surface area contributed by atoms with Gasteiger partial charge in [0.2, 0.25) is 0 Å². The lowest BCUT2D eigenvalue weighted by Gasteiger charge is -2.34. The van der Waals surface area contributed by atoms with Crippen molar-refractivity contribution >= 4 is 23.3 Å². The van der Waals surface area contributed by atoms with E-state index in [1.807, 2.05) is 35.2 Å². The summed E-state index contributed by atoms with van der Waals surface area (Å²) in [6.45, 7) is 6.54. The topological polar surface area (TPSA) is 104 Å². The van der Waals surface area contributed by atoms with Crippen LogP contribution in [0.1, 0.15) is 34.2 Å². The number of carbonyl (C=O) groups excluding carboxylic acids is 2. The molecular formula is C25H28N6O2. The Morgan fingerprint density at radius 2 is 1.70 bits per heavy atom. The van der Waals surface area contributed by atoms with Crippen LogP contribution in [0.15, 0.2) is 60.8 Å². The first kappa shape index (κ1) is 22.4. The van der Waals surface area contributed by atoms with Crippen LogP contribution in [0, 0.1) is 0 Å². The third kappa shape index (κ3) is 5.35. The van der Waals surface area contributed by atoms with Crippen molar-refractivity contribution < 1.29 is 9.59 Å². The van der Waals surface area contributed by atoms with Crippen molar-refractivity contribution in [3.05, 3.63) is 72.1 Å². The van der Waals surface area contributed by atoms with E-state index in [0.717, 1.165) is 44.7 Å². The van der Waals surface area contributed by atoms with E-state index in [1.165, 1.54) is 6.20 Å². The Bertz CT molecular complexity index is 1110. The minimum Gasteiger partial charge on any atom is -0.382 e. The van der Waals surface area contributed by atoms with Crippen LogP contribution in [0.25, 0.3) is 11.3 Å². The van der Waals surface area contributed by atoms with E-state index in [2.05, 4.69) is 27.1 Å². The van der Waals surface area contributed by atoms with Gasteiger partial charge in [0.05, 0.1) is 11.9 Å². The molecule has 0 bridgehead atoms. The SMILES string of the molecule is CCCN1CCN(C(=O)c2ccc(-c3cnc(N)c(C(=O)Nc4ccccc4)n3)cc2)CC1. The quantitative estimate of drug-likeness (QED) is 0.605. The maximum absolute atomic E-state index is 12.9. The van der Waals surface area contributed by atoms with Gasteiger partial charge in [-0.15, -0.1) is 0 Å². The van der Waals surface area contributed by atoms with Gasteiger partial charge in [-0.05, 0) is 37.2 Å². The van der Waals surface area contributed by atoms with E-state index in [-0.39, 0.29) is 17.4 Å². The summed E-state index contributed by atoms with van der Waals surface area (Å²) in [5, 5.41) is 2.77. The summed E-state index contributed by atoms with van der Waals surface area (Å²) in [5.74, 6) is -0.340. The molecule has 1 saturated heterocycles. The van der Waals surface area contributed by atoms with Crippen molar-refractivity contribution in [2.75, 3.05) is 43.8 Å². The van der Waals surface area contributed by atoms with E-state index >= 15 is 0 Å². The van der Waals surface area contributed by atoms with Crippen molar-refractivity contribution in [2.45, 2.75) is 13.3 Å². The fraction of sp³-hybridized carbons (Fsp3) is 0.280. The number of nitrogens with zero attached hydrogens (tertiary/aromatic N) is 4. The molecule has 0 unspecified atom stereocenters. The van der Waals surface area contributed by atoms with Crippen LogP contribution in [-0.2, 0) is 0 Å². The molecule has 1 aliphatic heterocycles. The van der Waals surface area contributed by atoms with Gasteiger partial charge in [-0.1, -0.05) is 37.3 Å². The number of anilines is 2. The van der Waals surface area contributed by atoms with Crippen LogP contribution < -0.4 is 11.1 Å². The average molecular weight is 445 g/mol. The lowest BCUT2D eigenvalue weighted by Crippen LogP contribution is -2.48. The highest BCUT2D eigenvalue weighted by Crippen LogP contribution is 2.21. The minimum absolute atomic E-state index is 0.0315. The van der Waals surface area contributed by atoms with Gasteiger partial charge in [0.15, 0.2) is 11.5 Å². The first-order valence-corrected chi connectivity index (χ1v) is 11.2. The number of nitrogens with one attached hydrogen (secondary N) is 1. The molecule has 0 radical (unpaired) electrons. The average Bonchev–Trinajstić information content (AvgIpc) is 2.85. The number of amides is 2. The van der Waals surface area contributed by atoms with Crippen molar-refractivity contribution in [2.24, 2.45) is 0 Å². The van der Waals surface area contributed by atoms with E-state index in [9.17, 15) is 9.59 Å². The van der Waals surface area contributed by atoms with Gasteiger partial charge in [-0.3, -0.25) is 14.5 Å². The van der Waals surface area contributed by atoms with Gasteiger partial charge in [-0.2, -0.15) is 0 Å². The number of carbonyl (C=O) groups is 2. The number of nitrogens with two attached hydrogens (primary N) is 1. The van der Waals surface area contributed by atoms with E-state index in [4.69, 9.17) is 5.73 Å². The molecule has 33 heavy (non-hydrogen) atoms. The zero-order chi connectivity index (χ0) is 23.2. The monoisotopic (exact) mass is 444 g/mol. The zero-order valence-corrected chi connectivity index (χ0v) is 18.7. The van der Waals surface area contributed by atoms with Gasteiger partial charge < -0.3 is 16.0 Å². The van der Waals surface area contributed by atoms with Crippen LogP contribution in [0.3, 0.4) is 0 Å². The highest BCUT2D eigenvalue weighted by atomic mass is 16.2. The van der Waals surface area contributed by atoms with Crippen molar-refractivity contribution in [1.29, 1.82) is 0 Å². The second kappa shape index (κ2) is 10.2. The molecule has 0 aliphatic carbocycles. The molecule has 3 aromatic rings. The third-order valence-corrected chi connectivity index (χ3v) is 5.67. The van der Waals surface area contributed by atoms with Gasteiger partial charge in [0, 0.05) is 43.0 Å². The summed E-state index contributed by atoms with van der Waals surface area (Å²) in [4.78, 5) is 38.4. The van der Waals surface area contributed by atoms with Crippen LogP contribution in [0.5, 0.6) is 0 Å². The highest BCUT2D eigenvalue weighted by Gasteiger charge is 2.22. The second-order valence-corrected chi connectivity index (χ2v) is 8.02. The molecule has 170 valence electrons. The van der Waals surface area contributed by atoms with E-state index in [1.54, 1.807) is 24.3 Å². The molecule has 3 N–H and O–H groups in total. The molecule has 1 aliphatic rings. The summed E-state index contributed by atoms with van der Waals surface area (Å²) in [6.07, 6.45) is 2.65. The lowest BCUT2D eigenvalue weighted by molar-refractivity contribution is 0.0637. The minimum atomic E-state index is -0.429. The summed E-state index contributed by atoms with van der Waals surface area (Å²) < 4.78 is 0. The Balaban J connectivity index is 1.46. The first-order chi connectivity index (χ1) is 16.0. The number of piperazine rings is 1. The zero-order valence-electron chi connectivity index (χ0n) is 18.7. The van der Waals surface area contributed by atoms with Crippen molar-refractivity contribution in [3.63, 3.8) is 0 Å². The fourth-order valence-corrected chi connectivity index (χ4v) is 3.87. The predicted octanol–water partition coefficient (Wildman–Crippen LogP) is 3.15. The Labute approximate surface area is 193 Å². The van der Waals surface area contributed by atoms with Gasteiger partial charge in [-0.25, -0.2) is 9.97 Å². The molecule has 8 nitrogen and oxygen atoms in total. The van der Waals surface area contributed by atoms with Crippen LogP contribution in [0.2, 0.25) is 0 Å². The Kier molecular flexibility index (Phi) is 6.95. The Morgan fingerprint density at radius 3 is 2.36 bits per heavy atom. The molecule has 0 saturated carbocycles. The molecule has 2 amide bonds. The molecule has 0 atom stereocenters. The van der Waals surface area contributed by atoms with Crippen LogP contribution in [-0.4, -0.2) is 64.3 Å². The molecule has 1 fully saturated rings. The van der Waals surface area contributed by atoms with Gasteiger partial charge in [0.25, 0.3) is 11.8 Å². The summed E-state index contributed by atoms with van der Waals surface area (Å²) in [6, 6.07) is 16.3. The number of hydrogen-bond donors (Lipinski definition) is 2. The predicted molar refractivity (Wildman–Crippen MR) is 129 cm³/mol. The molecule has 2 heterocycles. The summed E-state index contributed by atoms with van der Waals surface area (Å²) in [7, 11) is 0. The highest BCUT2D eigenvalue weighted by molar-refractivity contribution is 6.06. The molecule has 0 spiro atoms. The summed E-state index contributed by atoms with van der Waals surface area (Å²) >= 11 is 0. The largest absolute Gasteiger partial charge is 0.382 e. The number of para-hydroxylation sites is 1. The number of nitrogen functional groups attached to an aromatic ring is 1. The van der Waals surface area contributed by atoms with Gasteiger partial charge in [0.1, 0.15) is 0 Å². The first-order valence-electron chi connectivity index (χ1n) is 11.2. The Hall–Kier alpha value is -3.78. The lowest BCUT2D eigenvalue weighted by atomic mass is 10.1. The van der Waals surface area contributed by atoms with Crippen molar-refractivity contribution in [3.8, 4) is 11.3 Å². The molecular weight excluding hydrogens is 416 g/mol. The number of rotatable bonds is 6. The van der Waals surface area contributed by atoms with Crippen LogP contribution >= 0.6 is 0 Å². The number of hydrogen-bond acceptors (Lipinski definition) is 6. The Morgan fingerprint density at radius 1 is 1.00 bits per heavy atom. The fourth-order valence-electron chi connectivity index (χ4n) is 3.87. The molecule has 2 aromatic carbocycles. The standard InChI is InChI=1S/C25H28N6O2/c1-2-12-30-13-15-31(16-14-30)25(33)19-10-8-18(9-11-19)21-17-27-23(26)22(29-21)24(32)28-20-6-4-3-5-7-20/h3-11,17H,2,12-16H2,1H3,(H2,26,27)(H,28,32). The van der Waals surface area contributed by atoms with Crippen LogP contribution in [0.4, 0.5) is 11.5 Å². The molecule has 4 rings (SSSR count). The number of aromatic nitrogens is 2. The summed E-state index contributed by atoms with van der Waals surface area (Å²) in [5.41, 5.74) is 8.50. The smallest absolute Gasteiger partial charge is 0.278 e. The van der Waals surface area contributed by atoms with E-state index in [0.29, 0.717) is 16.9 Å². The maximum atomic E-state index is 12.9. The molecule has 8 heteroatoms. The normalized spacial score (nSPS) is 14.2. The number of benzene rings is 2. The molecule has 1 aromatic heterocycles. The third-order valence-electron chi connectivity index (χ3n) is 5.67. The van der Waals surface area contributed by atoms with Gasteiger partial charge >= 0.3 is 0 Å². The maximum Gasteiger partial charge on any atom is 0.278 e.